The summed E-state index contributed by atoms with van der Waals surface area (Å²) in [5.41, 5.74) is 0. The van der Waals surface area contributed by atoms with Crippen LogP contribution >= 0.6 is 0 Å². The van der Waals surface area contributed by atoms with E-state index in [-0.39, 0.29) is 0 Å². The van der Waals surface area contributed by atoms with Crippen molar-refractivity contribution in [3.8, 4) is 0 Å². The van der Waals surface area contributed by atoms with E-state index in [0.717, 1.165) is 18.0 Å². The van der Waals surface area contributed by atoms with Crippen molar-refractivity contribution >= 4 is 0 Å². The standard InChI is InChI=1S/C11H19N/c1-2-6-12-10(3-1)7-9-4-5-11(12)8-9/h9-11H,1-8H2. The van der Waals surface area contributed by atoms with Crippen molar-refractivity contribution in [3.05, 3.63) is 0 Å². The highest BCUT2D eigenvalue weighted by atomic mass is 15.2. The largest absolute Gasteiger partial charge is 0.297 e. The highest BCUT2D eigenvalue weighted by Crippen LogP contribution is 2.42. The van der Waals surface area contributed by atoms with E-state index in [9.17, 15) is 0 Å². The molecule has 0 aromatic heterocycles. The lowest BCUT2D eigenvalue weighted by Crippen LogP contribution is -2.48. The van der Waals surface area contributed by atoms with E-state index in [1.807, 2.05) is 0 Å². The van der Waals surface area contributed by atoms with E-state index in [4.69, 9.17) is 0 Å². The molecule has 2 aliphatic heterocycles. The quantitative estimate of drug-likeness (QED) is 0.533. The molecule has 3 aliphatic rings. The van der Waals surface area contributed by atoms with Crippen LogP contribution in [0.25, 0.3) is 0 Å². The Labute approximate surface area is 75.1 Å². The molecule has 0 aromatic carbocycles. The first-order valence-electron chi connectivity index (χ1n) is 5.69. The summed E-state index contributed by atoms with van der Waals surface area (Å²) in [7, 11) is 0. The van der Waals surface area contributed by atoms with Crippen molar-refractivity contribution in [2.45, 2.75) is 57.0 Å². The molecule has 3 fully saturated rings. The van der Waals surface area contributed by atoms with Crippen molar-refractivity contribution in [3.63, 3.8) is 0 Å². The molecule has 2 heterocycles. The van der Waals surface area contributed by atoms with Gasteiger partial charge in [0.2, 0.25) is 0 Å². The Hall–Kier alpha value is -0.0400. The van der Waals surface area contributed by atoms with Crippen LogP contribution in [0.1, 0.15) is 44.9 Å². The molecule has 12 heavy (non-hydrogen) atoms. The molecule has 1 nitrogen and oxygen atoms in total. The molecule has 1 heteroatoms. The summed E-state index contributed by atoms with van der Waals surface area (Å²) in [6, 6.07) is 2.01. The van der Waals surface area contributed by atoms with Crippen LogP contribution in [-0.2, 0) is 0 Å². The minimum atomic E-state index is 1.00. The number of fused-ring (bicyclic) bond motifs is 4. The summed E-state index contributed by atoms with van der Waals surface area (Å²) in [6.07, 6.45) is 10.6. The van der Waals surface area contributed by atoms with Crippen LogP contribution in [0, 0.1) is 5.92 Å². The molecule has 2 saturated heterocycles. The fraction of sp³-hybridized carbons (Fsp3) is 1.00. The first-order valence-corrected chi connectivity index (χ1v) is 5.69. The molecule has 1 aliphatic carbocycles. The van der Waals surface area contributed by atoms with Crippen molar-refractivity contribution in [2.75, 3.05) is 6.54 Å². The van der Waals surface area contributed by atoms with Crippen LogP contribution in [0.15, 0.2) is 0 Å². The molecule has 0 aromatic rings. The molecule has 1 saturated carbocycles. The summed E-state index contributed by atoms with van der Waals surface area (Å²) in [4.78, 5) is 2.84. The lowest BCUT2D eigenvalue weighted by Gasteiger charge is -2.43. The Balaban J connectivity index is 1.80. The Morgan fingerprint density at radius 2 is 1.67 bits per heavy atom. The smallest absolute Gasteiger partial charge is 0.0101 e. The Morgan fingerprint density at radius 3 is 2.58 bits per heavy atom. The Bertz CT molecular complexity index is 178. The maximum absolute atomic E-state index is 2.84. The number of nitrogens with zero attached hydrogens (tertiary/aromatic N) is 1. The molecule has 3 atom stereocenters. The second kappa shape index (κ2) is 2.73. The summed E-state index contributed by atoms with van der Waals surface area (Å²) in [5, 5.41) is 0. The van der Waals surface area contributed by atoms with Crippen LogP contribution in [0.5, 0.6) is 0 Å². The molecule has 0 spiro atoms. The van der Waals surface area contributed by atoms with Gasteiger partial charge in [-0.1, -0.05) is 6.42 Å². The molecule has 0 radical (unpaired) electrons. The third-order valence-corrected chi connectivity index (χ3v) is 4.26. The second-order valence-corrected chi connectivity index (χ2v) is 4.96. The van der Waals surface area contributed by atoms with E-state index in [1.54, 1.807) is 0 Å². The Kier molecular flexibility index (Phi) is 1.68. The van der Waals surface area contributed by atoms with Gasteiger partial charge in [0.05, 0.1) is 0 Å². The van der Waals surface area contributed by atoms with Crippen LogP contribution in [-0.4, -0.2) is 23.5 Å². The number of hydrogen-bond acceptors (Lipinski definition) is 1. The van der Waals surface area contributed by atoms with E-state index in [1.165, 1.54) is 51.5 Å². The molecule has 3 unspecified atom stereocenters. The lowest BCUT2D eigenvalue weighted by molar-refractivity contribution is 0.0568. The van der Waals surface area contributed by atoms with Crippen LogP contribution in [0.3, 0.4) is 0 Å². The van der Waals surface area contributed by atoms with Gasteiger partial charge in [-0.3, -0.25) is 4.90 Å². The van der Waals surface area contributed by atoms with E-state index >= 15 is 0 Å². The van der Waals surface area contributed by atoms with E-state index in [0.29, 0.717) is 0 Å². The summed E-state index contributed by atoms with van der Waals surface area (Å²) in [5.74, 6) is 1.12. The topological polar surface area (TPSA) is 3.24 Å². The van der Waals surface area contributed by atoms with E-state index < -0.39 is 0 Å². The second-order valence-electron chi connectivity index (χ2n) is 4.96. The number of rotatable bonds is 0. The van der Waals surface area contributed by atoms with Crippen molar-refractivity contribution in [2.24, 2.45) is 5.92 Å². The number of piperidine rings is 2. The molecule has 2 bridgehead atoms. The predicted molar refractivity (Wildman–Crippen MR) is 50.1 cm³/mol. The van der Waals surface area contributed by atoms with Gasteiger partial charge in [-0.15, -0.1) is 0 Å². The van der Waals surface area contributed by atoms with Gasteiger partial charge in [0.25, 0.3) is 0 Å². The fourth-order valence-electron chi connectivity index (χ4n) is 3.71. The van der Waals surface area contributed by atoms with Crippen LogP contribution < -0.4 is 0 Å². The summed E-state index contributed by atoms with van der Waals surface area (Å²) < 4.78 is 0. The highest BCUT2D eigenvalue weighted by molar-refractivity contribution is 4.95. The summed E-state index contributed by atoms with van der Waals surface area (Å²) >= 11 is 0. The Morgan fingerprint density at radius 1 is 0.833 bits per heavy atom. The van der Waals surface area contributed by atoms with Gasteiger partial charge < -0.3 is 0 Å². The maximum atomic E-state index is 2.84. The molecule has 0 N–H and O–H groups in total. The fourth-order valence-corrected chi connectivity index (χ4v) is 3.71. The lowest BCUT2D eigenvalue weighted by atomic mass is 9.87. The third kappa shape index (κ3) is 1.02. The molecule has 68 valence electrons. The predicted octanol–water partition coefficient (Wildman–Crippen LogP) is 2.41. The first kappa shape index (κ1) is 7.37. The maximum Gasteiger partial charge on any atom is 0.0101 e. The zero-order valence-corrected chi connectivity index (χ0v) is 7.84. The molecule has 0 amide bonds. The van der Waals surface area contributed by atoms with Crippen molar-refractivity contribution in [1.82, 2.24) is 4.90 Å². The SMILES string of the molecule is C1CCN2C(C1)CC1CCC2C1. The van der Waals surface area contributed by atoms with Gasteiger partial charge >= 0.3 is 0 Å². The summed E-state index contributed by atoms with van der Waals surface area (Å²) in [6.45, 7) is 1.42. The number of hydrogen-bond donors (Lipinski definition) is 0. The monoisotopic (exact) mass is 165 g/mol. The minimum Gasteiger partial charge on any atom is -0.297 e. The van der Waals surface area contributed by atoms with E-state index in [2.05, 4.69) is 4.90 Å². The first-order chi connectivity index (χ1) is 5.93. The normalized spacial score (nSPS) is 47.5. The molecular formula is C11H19N. The van der Waals surface area contributed by atoms with Crippen LogP contribution in [0.4, 0.5) is 0 Å². The van der Waals surface area contributed by atoms with Gasteiger partial charge in [-0.2, -0.15) is 0 Å². The highest BCUT2D eigenvalue weighted by Gasteiger charge is 2.40. The average molecular weight is 165 g/mol. The average Bonchev–Trinajstić information content (AvgIpc) is 2.49. The van der Waals surface area contributed by atoms with Crippen molar-refractivity contribution < 1.29 is 0 Å². The zero-order chi connectivity index (χ0) is 7.97. The molecule has 3 rings (SSSR count). The van der Waals surface area contributed by atoms with Gasteiger partial charge in [-0.05, 0) is 51.0 Å². The van der Waals surface area contributed by atoms with Gasteiger partial charge in [0.15, 0.2) is 0 Å². The van der Waals surface area contributed by atoms with Crippen LogP contribution in [0.2, 0.25) is 0 Å². The van der Waals surface area contributed by atoms with Gasteiger partial charge in [-0.25, -0.2) is 0 Å². The third-order valence-electron chi connectivity index (χ3n) is 4.26. The van der Waals surface area contributed by atoms with Crippen molar-refractivity contribution in [1.29, 1.82) is 0 Å². The van der Waals surface area contributed by atoms with Gasteiger partial charge in [0.1, 0.15) is 0 Å². The minimum absolute atomic E-state index is 1.00. The van der Waals surface area contributed by atoms with Gasteiger partial charge in [0, 0.05) is 12.1 Å². The zero-order valence-electron chi connectivity index (χ0n) is 7.84. The molecular weight excluding hydrogens is 146 g/mol.